The van der Waals surface area contributed by atoms with Gasteiger partial charge in [-0.1, -0.05) is 29.8 Å². The second-order valence-corrected chi connectivity index (χ2v) is 5.56. The number of anilines is 1. The van der Waals surface area contributed by atoms with Gasteiger partial charge >= 0.3 is 5.69 Å². The molecule has 0 radical (unpaired) electrons. The largest absolute Gasteiger partial charge is 0.399 e. The number of aromatic nitrogens is 3. The van der Waals surface area contributed by atoms with Gasteiger partial charge in [-0.3, -0.25) is 4.57 Å². The molecule has 2 aromatic carbocycles. The van der Waals surface area contributed by atoms with E-state index >= 15 is 0 Å². The predicted molar refractivity (Wildman–Crippen MR) is 87.5 cm³/mol. The van der Waals surface area contributed by atoms with Crippen LogP contribution in [0.4, 0.5) is 5.69 Å². The van der Waals surface area contributed by atoms with Crippen LogP contribution in [0.1, 0.15) is 11.1 Å². The van der Waals surface area contributed by atoms with Crippen LogP contribution in [0, 0.1) is 6.92 Å². The van der Waals surface area contributed by atoms with Crippen molar-refractivity contribution in [3.63, 3.8) is 0 Å². The fraction of sp³-hybridized carbons (Fsp3) is 0.125. The van der Waals surface area contributed by atoms with Crippen LogP contribution < -0.4 is 11.4 Å². The van der Waals surface area contributed by atoms with Crippen LogP contribution in [-0.4, -0.2) is 14.3 Å². The summed E-state index contributed by atoms with van der Waals surface area (Å²) in [5, 5.41) is 4.71. The van der Waals surface area contributed by atoms with Crippen molar-refractivity contribution in [2.75, 3.05) is 5.73 Å². The number of benzene rings is 2. The fourth-order valence-electron chi connectivity index (χ4n) is 2.26. The molecule has 0 atom stereocenters. The molecule has 2 N–H and O–H groups in total. The van der Waals surface area contributed by atoms with E-state index in [1.54, 1.807) is 28.8 Å². The average molecular weight is 315 g/mol. The SMILES string of the molecule is Cc1cc(Cn2cnn(-c3cccc(Cl)c3)c2=O)ccc1N. The third-order valence-electron chi connectivity index (χ3n) is 3.47. The summed E-state index contributed by atoms with van der Waals surface area (Å²) in [4.78, 5) is 12.4. The smallest absolute Gasteiger partial charge is 0.350 e. The van der Waals surface area contributed by atoms with E-state index in [0.29, 0.717) is 17.3 Å². The second kappa shape index (κ2) is 5.69. The van der Waals surface area contributed by atoms with E-state index in [4.69, 9.17) is 17.3 Å². The summed E-state index contributed by atoms with van der Waals surface area (Å²) >= 11 is 5.95. The van der Waals surface area contributed by atoms with E-state index in [0.717, 1.165) is 16.8 Å². The third kappa shape index (κ3) is 2.76. The summed E-state index contributed by atoms with van der Waals surface area (Å²) in [6.45, 7) is 2.39. The molecule has 5 nitrogen and oxygen atoms in total. The second-order valence-electron chi connectivity index (χ2n) is 5.12. The number of hydrogen-bond donors (Lipinski definition) is 1. The molecule has 0 saturated carbocycles. The highest BCUT2D eigenvalue weighted by molar-refractivity contribution is 6.30. The van der Waals surface area contributed by atoms with E-state index in [1.165, 1.54) is 11.0 Å². The van der Waals surface area contributed by atoms with Crippen LogP contribution in [0.15, 0.2) is 53.6 Å². The van der Waals surface area contributed by atoms with E-state index in [2.05, 4.69) is 5.10 Å². The maximum atomic E-state index is 12.4. The Hall–Kier alpha value is -2.53. The lowest BCUT2D eigenvalue weighted by Crippen LogP contribution is -2.24. The first-order valence-corrected chi connectivity index (χ1v) is 7.18. The van der Waals surface area contributed by atoms with Crippen molar-refractivity contribution < 1.29 is 0 Å². The van der Waals surface area contributed by atoms with Crippen LogP contribution in [-0.2, 0) is 6.54 Å². The highest BCUT2D eigenvalue weighted by Crippen LogP contribution is 2.14. The van der Waals surface area contributed by atoms with Crippen LogP contribution in [0.5, 0.6) is 0 Å². The molecule has 0 bridgehead atoms. The monoisotopic (exact) mass is 314 g/mol. The minimum Gasteiger partial charge on any atom is -0.399 e. The lowest BCUT2D eigenvalue weighted by molar-refractivity contribution is 0.738. The van der Waals surface area contributed by atoms with Gasteiger partial charge in [0.1, 0.15) is 6.33 Å². The van der Waals surface area contributed by atoms with E-state index in [1.807, 2.05) is 25.1 Å². The molecule has 0 fully saturated rings. The zero-order chi connectivity index (χ0) is 15.7. The summed E-state index contributed by atoms with van der Waals surface area (Å²) in [6, 6.07) is 12.8. The van der Waals surface area contributed by atoms with Gasteiger partial charge in [0.25, 0.3) is 0 Å². The summed E-state index contributed by atoms with van der Waals surface area (Å²) in [6.07, 6.45) is 1.52. The van der Waals surface area contributed by atoms with E-state index < -0.39 is 0 Å². The molecule has 0 amide bonds. The van der Waals surface area contributed by atoms with Gasteiger partial charge in [-0.2, -0.15) is 9.78 Å². The summed E-state index contributed by atoms with van der Waals surface area (Å²) in [5.41, 5.74) is 8.97. The Morgan fingerprint density at radius 3 is 2.77 bits per heavy atom. The quantitative estimate of drug-likeness (QED) is 0.756. The van der Waals surface area contributed by atoms with Crippen molar-refractivity contribution in [1.82, 2.24) is 14.3 Å². The maximum absolute atomic E-state index is 12.4. The Kier molecular flexibility index (Phi) is 3.73. The molecular weight excluding hydrogens is 300 g/mol. The number of aryl methyl sites for hydroxylation is 1. The van der Waals surface area contributed by atoms with E-state index in [-0.39, 0.29) is 5.69 Å². The Morgan fingerprint density at radius 2 is 2.05 bits per heavy atom. The molecule has 0 aliphatic rings. The Bertz CT molecular complexity index is 882. The summed E-state index contributed by atoms with van der Waals surface area (Å²) in [5.74, 6) is 0. The van der Waals surface area contributed by atoms with Gasteiger partial charge in [0.15, 0.2) is 0 Å². The van der Waals surface area contributed by atoms with Crippen LogP contribution in [0.2, 0.25) is 5.02 Å². The number of hydrogen-bond acceptors (Lipinski definition) is 3. The Balaban J connectivity index is 1.93. The molecule has 1 aromatic heterocycles. The first-order valence-electron chi connectivity index (χ1n) is 6.80. The van der Waals surface area contributed by atoms with Gasteiger partial charge < -0.3 is 5.73 Å². The number of nitrogens with zero attached hydrogens (tertiary/aromatic N) is 3. The van der Waals surface area contributed by atoms with Crippen molar-refractivity contribution in [1.29, 1.82) is 0 Å². The van der Waals surface area contributed by atoms with Crippen molar-refractivity contribution in [3.05, 3.63) is 75.4 Å². The van der Waals surface area contributed by atoms with Gasteiger partial charge in [0.2, 0.25) is 0 Å². The molecule has 0 aliphatic carbocycles. The lowest BCUT2D eigenvalue weighted by atomic mass is 10.1. The number of nitrogen functional groups attached to an aromatic ring is 1. The summed E-state index contributed by atoms with van der Waals surface area (Å²) < 4.78 is 2.88. The minimum absolute atomic E-state index is 0.211. The molecule has 0 saturated heterocycles. The lowest BCUT2D eigenvalue weighted by Gasteiger charge is -2.05. The molecule has 0 aliphatic heterocycles. The van der Waals surface area contributed by atoms with Crippen LogP contribution in [0.3, 0.4) is 0 Å². The molecule has 3 aromatic rings. The highest BCUT2D eigenvalue weighted by atomic mass is 35.5. The van der Waals surface area contributed by atoms with Crippen LogP contribution in [0.25, 0.3) is 5.69 Å². The average Bonchev–Trinajstić information content (AvgIpc) is 2.84. The highest BCUT2D eigenvalue weighted by Gasteiger charge is 2.08. The molecule has 6 heteroatoms. The van der Waals surface area contributed by atoms with Crippen molar-refractivity contribution in [2.45, 2.75) is 13.5 Å². The topological polar surface area (TPSA) is 65.8 Å². The predicted octanol–water partition coefficient (Wildman–Crippen LogP) is 2.63. The fourth-order valence-corrected chi connectivity index (χ4v) is 2.45. The Labute approximate surface area is 132 Å². The van der Waals surface area contributed by atoms with Crippen LogP contribution >= 0.6 is 11.6 Å². The molecule has 3 rings (SSSR count). The Morgan fingerprint density at radius 1 is 1.23 bits per heavy atom. The van der Waals surface area contributed by atoms with Crippen molar-refractivity contribution in [2.24, 2.45) is 0 Å². The summed E-state index contributed by atoms with van der Waals surface area (Å²) in [7, 11) is 0. The van der Waals surface area contributed by atoms with E-state index in [9.17, 15) is 4.79 Å². The van der Waals surface area contributed by atoms with Gasteiger partial charge in [-0.25, -0.2) is 4.79 Å². The molecule has 112 valence electrons. The third-order valence-corrected chi connectivity index (χ3v) is 3.71. The maximum Gasteiger partial charge on any atom is 0.350 e. The van der Waals surface area contributed by atoms with Gasteiger partial charge in [0, 0.05) is 10.7 Å². The number of rotatable bonds is 3. The molecule has 1 heterocycles. The number of nitrogens with two attached hydrogens (primary N) is 1. The zero-order valence-electron chi connectivity index (χ0n) is 12.0. The standard InChI is InChI=1S/C16H15ClN4O/c1-11-7-12(5-6-15(11)18)9-20-10-19-21(16(20)22)14-4-2-3-13(17)8-14/h2-8,10H,9,18H2,1H3. The number of halogens is 1. The van der Waals surface area contributed by atoms with Crippen molar-refractivity contribution >= 4 is 17.3 Å². The molecule has 0 unspecified atom stereocenters. The van der Waals surface area contributed by atoms with Gasteiger partial charge in [-0.05, 0) is 42.3 Å². The first-order chi connectivity index (χ1) is 10.5. The molecular formula is C16H15ClN4O. The molecule has 22 heavy (non-hydrogen) atoms. The minimum atomic E-state index is -0.211. The first kappa shape index (κ1) is 14.4. The van der Waals surface area contributed by atoms with Gasteiger partial charge in [-0.15, -0.1) is 0 Å². The van der Waals surface area contributed by atoms with Gasteiger partial charge in [0.05, 0.1) is 12.2 Å². The van der Waals surface area contributed by atoms with Crippen molar-refractivity contribution in [3.8, 4) is 5.69 Å². The normalized spacial score (nSPS) is 10.8. The molecule has 0 spiro atoms. The zero-order valence-corrected chi connectivity index (χ0v) is 12.8.